The highest BCUT2D eigenvalue weighted by Crippen LogP contribution is 2.35. The second-order valence-corrected chi connectivity index (χ2v) is 5.02. The number of β-amino-alcohol motifs (C(OH)–C–C–N with tert-alkyl or cyclic N) is 1. The smallest absolute Gasteiger partial charge is 0.246 e. The van der Waals surface area contributed by atoms with Crippen LogP contribution in [0.3, 0.4) is 0 Å². The molecule has 4 heteroatoms. The third-order valence-corrected chi connectivity index (χ3v) is 3.84. The second kappa shape index (κ2) is 5.63. The van der Waals surface area contributed by atoms with Crippen molar-refractivity contribution >= 4 is 11.6 Å². The SMILES string of the molecule is CCCC1C(=O)N(CCO)N=C2CCCCC21. The van der Waals surface area contributed by atoms with Crippen LogP contribution in [-0.4, -0.2) is 34.9 Å². The summed E-state index contributed by atoms with van der Waals surface area (Å²) in [5, 5.41) is 14.9. The van der Waals surface area contributed by atoms with Crippen molar-refractivity contribution in [2.45, 2.75) is 45.4 Å². The summed E-state index contributed by atoms with van der Waals surface area (Å²) in [6.07, 6.45) is 6.53. The molecule has 1 aliphatic heterocycles. The molecule has 4 nitrogen and oxygen atoms in total. The van der Waals surface area contributed by atoms with Gasteiger partial charge in [0.15, 0.2) is 0 Å². The molecule has 96 valence electrons. The quantitative estimate of drug-likeness (QED) is 0.811. The minimum absolute atomic E-state index is 0.00791. The summed E-state index contributed by atoms with van der Waals surface area (Å²) in [6, 6.07) is 0. The lowest BCUT2D eigenvalue weighted by Crippen LogP contribution is -2.46. The number of rotatable bonds is 4. The molecule has 17 heavy (non-hydrogen) atoms. The van der Waals surface area contributed by atoms with E-state index in [-0.39, 0.29) is 18.4 Å². The molecular formula is C13H22N2O2. The highest BCUT2D eigenvalue weighted by Gasteiger charge is 2.39. The number of aliphatic hydroxyl groups is 1. The monoisotopic (exact) mass is 238 g/mol. The van der Waals surface area contributed by atoms with Gasteiger partial charge in [-0.2, -0.15) is 5.10 Å². The minimum Gasteiger partial charge on any atom is -0.394 e. The van der Waals surface area contributed by atoms with Crippen LogP contribution in [0.1, 0.15) is 45.4 Å². The molecule has 2 unspecified atom stereocenters. The van der Waals surface area contributed by atoms with Crippen LogP contribution in [0.15, 0.2) is 5.10 Å². The number of carbonyl (C=O) groups excluding carboxylic acids is 1. The van der Waals surface area contributed by atoms with Crippen molar-refractivity contribution in [1.29, 1.82) is 0 Å². The molecule has 2 aliphatic rings. The molecule has 1 fully saturated rings. The average molecular weight is 238 g/mol. The van der Waals surface area contributed by atoms with Gasteiger partial charge < -0.3 is 5.11 Å². The molecule has 0 aromatic rings. The maximum Gasteiger partial charge on any atom is 0.246 e. The molecule has 0 bridgehead atoms. The van der Waals surface area contributed by atoms with Gasteiger partial charge in [-0.15, -0.1) is 0 Å². The molecule has 1 heterocycles. The van der Waals surface area contributed by atoms with Gasteiger partial charge in [0.25, 0.3) is 0 Å². The molecule has 0 radical (unpaired) electrons. The zero-order valence-electron chi connectivity index (χ0n) is 10.6. The van der Waals surface area contributed by atoms with Gasteiger partial charge in [0, 0.05) is 17.5 Å². The van der Waals surface area contributed by atoms with Gasteiger partial charge in [-0.1, -0.05) is 19.8 Å². The van der Waals surface area contributed by atoms with Crippen LogP contribution in [0.5, 0.6) is 0 Å². The molecule has 1 saturated carbocycles. The summed E-state index contributed by atoms with van der Waals surface area (Å²) in [5.41, 5.74) is 1.20. The number of fused-ring (bicyclic) bond motifs is 1. The van der Waals surface area contributed by atoms with E-state index in [1.54, 1.807) is 0 Å². The lowest BCUT2D eigenvalue weighted by molar-refractivity contribution is -0.139. The molecule has 1 N–H and O–H groups in total. The van der Waals surface area contributed by atoms with Crippen LogP contribution in [0.2, 0.25) is 0 Å². The van der Waals surface area contributed by atoms with E-state index in [2.05, 4.69) is 12.0 Å². The predicted octanol–water partition coefficient (Wildman–Crippen LogP) is 1.78. The lowest BCUT2D eigenvalue weighted by Gasteiger charge is -2.38. The lowest BCUT2D eigenvalue weighted by atomic mass is 9.75. The molecule has 0 aromatic heterocycles. The van der Waals surface area contributed by atoms with Gasteiger partial charge in [0.2, 0.25) is 5.91 Å². The molecule has 0 spiro atoms. The van der Waals surface area contributed by atoms with Crippen molar-refractivity contribution in [1.82, 2.24) is 5.01 Å². The van der Waals surface area contributed by atoms with E-state index in [0.29, 0.717) is 12.5 Å². The first-order chi connectivity index (χ1) is 8.27. The van der Waals surface area contributed by atoms with Gasteiger partial charge >= 0.3 is 0 Å². The Hall–Kier alpha value is -0.900. The van der Waals surface area contributed by atoms with Gasteiger partial charge in [-0.25, -0.2) is 5.01 Å². The molecule has 2 atom stereocenters. The summed E-state index contributed by atoms with van der Waals surface area (Å²) in [5.74, 6) is 0.613. The zero-order valence-corrected chi connectivity index (χ0v) is 10.6. The fourth-order valence-electron chi connectivity index (χ4n) is 3.04. The largest absolute Gasteiger partial charge is 0.394 e. The Bertz CT molecular complexity index is 315. The number of hydrogen-bond acceptors (Lipinski definition) is 3. The predicted molar refractivity (Wildman–Crippen MR) is 66.6 cm³/mol. The topological polar surface area (TPSA) is 52.9 Å². The van der Waals surface area contributed by atoms with E-state index < -0.39 is 0 Å². The Balaban J connectivity index is 2.20. The van der Waals surface area contributed by atoms with Crippen LogP contribution >= 0.6 is 0 Å². The second-order valence-electron chi connectivity index (χ2n) is 5.02. The van der Waals surface area contributed by atoms with E-state index >= 15 is 0 Å². The number of aliphatic hydroxyl groups excluding tert-OH is 1. The van der Waals surface area contributed by atoms with Gasteiger partial charge in [-0.3, -0.25) is 4.79 Å². The van der Waals surface area contributed by atoms with Crippen LogP contribution in [0.4, 0.5) is 0 Å². The number of hydrazone groups is 1. The number of nitrogens with zero attached hydrogens (tertiary/aromatic N) is 2. The van der Waals surface area contributed by atoms with Crippen molar-refractivity contribution < 1.29 is 9.90 Å². The number of amides is 1. The van der Waals surface area contributed by atoms with Crippen molar-refractivity contribution in [3.8, 4) is 0 Å². The fraction of sp³-hybridized carbons (Fsp3) is 0.846. The molecular weight excluding hydrogens is 216 g/mol. The summed E-state index contributed by atoms with van der Waals surface area (Å²) in [4.78, 5) is 12.3. The molecule has 0 aromatic carbocycles. The normalized spacial score (nSPS) is 28.9. The molecule has 0 saturated heterocycles. The maximum absolute atomic E-state index is 12.3. The Labute approximate surface area is 103 Å². The minimum atomic E-state index is -0.00791. The Morgan fingerprint density at radius 1 is 1.47 bits per heavy atom. The fourth-order valence-corrected chi connectivity index (χ4v) is 3.04. The zero-order chi connectivity index (χ0) is 12.3. The third kappa shape index (κ3) is 2.51. The highest BCUT2D eigenvalue weighted by atomic mass is 16.3. The van der Waals surface area contributed by atoms with E-state index in [9.17, 15) is 4.79 Å². The summed E-state index contributed by atoms with van der Waals surface area (Å²) in [6.45, 7) is 2.46. The number of carbonyl (C=O) groups is 1. The summed E-state index contributed by atoms with van der Waals surface area (Å²) < 4.78 is 0. The van der Waals surface area contributed by atoms with Crippen LogP contribution in [0.25, 0.3) is 0 Å². The summed E-state index contributed by atoms with van der Waals surface area (Å²) in [7, 11) is 0. The number of hydrogen-bond donors (Lipinski definition) is 1. The van der Waals surface area contributed by atoms with Gasteiger partial charge in [-0.05, 0) is 25.7 Å². The van der Waals surface area contributed by atoms with E-state index in [0.717, 1.165) is 25.7 Å². The van der Waals surface area contributed by atoms with Crippen LogP contribution < -0.4 is 0 Å². The Morgan fingerprint density at radius 2 is 2.29 bits per heavy atom. The Kier molecular flexibility index (Phi) is 4.15. The molecule has 1 aliphatic carbocycles. The van der Waals surface area contributed by atoms with E-state index in [1.165, 1.54) is 23.6 Å². The Morgan fingerprint density at radius 3 is 3.00 bits per heavy atom. The van der Waals surface area contributed by atoms with Gasteiger partial charge in [0.05, 0.1) is 13.2 Å². The third-order valence-electron chi connectivity index (χ3n) is 3.84. The van der Waals surface area contributed by atoms with E-state index in [4.69, 9.17) is 5.11 Å². The van der Waals surface area contributed by atoms with E-state index in [1.807, 2.05) is 0 Å². The summed E-state index contributed by atoms with van der Waals surface area (Å²) >= 11 is 0. The van der Waals surface area contributed by atoms with Crippen molar-refractivity contribution in [2.24, 2.45) is 16.9 Å². The van der Waals surface area contributed by atoms with Gasteiger partial charge in [0.1, 0.15) is 0 Å². The highest BCUT2D eigenvalue weighted by molar-refractivity contribution is 5.96. The first-order valence-electron chi connectivity index (χ1n) is 6.77. The van der Waals surface area contributed by atoms with Crippen molar-refractivity contribution in [3.05, 3.63) is 0 Å². The van der Waals surface area contributed by atoms with Crippen LogP contribution in [0, 0.1) is 11.8 Å². The van der Waals surface area contributed by atoms with Crippen LogP contribution in [-0.2, 0) is 4.79 Å². The maximum atomic E-state index is 12.3. The average Bonchev–Trinajstić information content (AvgIpc) is 2.35. The van der Waals surface area contributed by atoms with Crippen molar-refractivity contribution in [3.63, 3.8) is 0 Å². The first kappa shape index (κ1) is 12.6. The molecule has 2 rings (SSSR count). The van der Waals surface area contributed by atoms with Crippen molar-refractivity contribution in [2.75, 3.05) is 13.2 Å². The first-order valence-corrected chi connectivity index (χ1v) is 6.77. The molecule has 1 amide bonds. The standard InChI is InChI=1S/C13H22N2O2/c1-2-5-11-10-6-3-4-7-12(10)14-15(8-9-16)13(11)17/h10-11,16H,2-9H2,1H3.